The number of methoxy groups -OCH3 is 1. The fourth-order valence-electron chi connectivity index (χ4n) is 3.67. The second kappa shape index (κ2) is 12.4. The number of aromatic nitrogens is 3. The highest BCUT2D eigenvalue weighted by molar-refractivity contribution is 5.79. The lowest BCUT2D eigenvalue weighted by Crippen LogP contribution is -2.41. The highest BCUT2D eigenvalue weighted by atomic mass is 16.5. The molecule has 9 heteroatoms. The van der Waals surface area contributed by atoms with Gasteiger partial charge in [0.15, 0.2) is 11.8 Å². The number of guanidine groups is 1. The van der Waals surface area contributed by atoms with Gasteiger partial charge in [-0.2, -0.15) is 0 Å². The molecular weight excluding hydrogens is 406 g/mol. The van der Waals surface area contributed by atoms with E-state index in [1.165, 1.54) is 11.1 Å². The number of nitrogens with one attached hydrogen (secondary N) is 2. The lowest BCUT2D eigenvalue weighted by molar-refractivity contribution is 0.0376. The number of benzene rings is 1. The number of morpholine rings is 1. The number of hydrogen-bond acceptors (Lipinski definition) is 6. The first-order valence-corrected chi connectivity index (χ1v) is 11.4. The highest BCUT2D eigenvalue weighted by Crippen LogP contribution is 2.19. The van der Waals surface area contributed by atoms with E-state index in [4.69, 9.17) is 14.5 Å². The van der Waals surface area contributed by atoms with E-state index in [-0.39, 0.29) is 0 Å². The summed E-state index contributed by atoms with van der Waals surface area (Å²) >= 11 is 0. The molecule has 2 heterocycles. The molecule has 1 aliphatic rings. The van der Waals surface area contributed by atoms with E-state index in [9.17, 15) is 0 Å². The molecule has 3 rings (SSSR count). The molecule has 0 atom stereocenters. The molecule has 9 nitrogen and oxygen atoms in total. The topological polar surface area (TPSA) is 88.8 Å². The average molecular weight is 444 g/mol. The van der Waals surface area contributed by atoms with Gasteiger partial charge in [-0.3, -0.25) is 4.90 Å². The van der Waals surface area contributed by atoms with Crippen LogP contribution in [0.2, 0.25) is 0 Å². The molecular formula is C23H37N7O2. The van der Waals surface area contributed by atoms with Crippen LogP contribution >= 0.6 is 0 Å². The Bertz CT molecular complexity index is 875. The van der Waals surface area contributed by atoms with E-state index in [1.54, 1.807) is 7.11 Å². The third kappa shape index (κ3) is 7.20. The highest BCUT2D eigenvalue weighted by Gasteiger charge is 2.10. The van der Waals surface area contributed by atoms with Crippen molar-refractivity contribution in [3.63, 3.8) is 0 Å². The van der Waals surface area contributed by atoms with Crippen LogP contribution in [0.1, 0.15) is 29.2 Å². The SMILES string of the molecule is COc1ccc(C)cc1CCNC(=NCc1nnc(C)n1C)NCCCN1CCOCC1. The normalized spacial score (nSPS) is 15.1. The largest absolute Gasteiger partial charge is 0.496 e. The van der Waals surface area contributed by atoms with E-state index < -0.39 is 0 Å². The average Bonchev–Trinajstić information content (AvgIpc) is 3.13. The molecule has 0 amide bonds. The predicted molar refractivity (Wildman–Crippen MR) is 126 cm³/mol. The minimum atomic E-state index is 0.476. The molecule has 0 unspecified atom stereocenters. The molecule has 0 saturated carbocycles. The summed E-state index contributed by atoms with van der Waals surface area (Å²) in [5.74, 6) is 3.44. The van der Waals surface area contributed by atoms with E-state index in [0.717, 1.165) is 82.1 Å². The standard InChI is InChI=1S/C23H37N7O2/c1-18-6-7-21(31-4)20(16-18)8-10-25-23(26-17-22-28-27-19(2)29(22)3)24-9-5-11-30-12-14-32-15-13-30/h6-7,16H,5,8-15,17H2,1-4H3,(H2,24,25,26). The monoisotopic (exact) mass is 443 g/mol. The van der Waals surface area contributed by atoms with Crippen molar-refractivity contribution in [3.05, 3.63) is 41.0 Å². The van der Waals surface area contributed by atoms with Gasteiger partial charge in [0.25, 0.3) is 0 Å². The summed E-state index contributed by atoms with van der Waals surface area (Å²) in [4.78, 5) is 7.20. The summed E-state index contributed by atoms with van der Waals surface area (Å²) in [6.07, 6.45) is 1.90. The van der Waals surface area contributed by atoms with Crippen LogP contribution in [-0.2, 0) is 24.8 Å². The van der Waals surface area contributed by atoms with Gasteiger partial charge >= 0.3 is 0 Å². The zero-order valence-electron chi connectivity index (χ0n) is 19.9. The van der Waals surface area contributed by atoms with E-state index in [0.29, 0.717) is 6.54 Å². The maximum absolute atomic E-state index is 5.51. The summed E-state index contributed by atoms with van der Waals surface area (Å²) in [6.45, 7) is 10.9. The van der Waals surface area contributed by atoms with Crippen LogP contribution in [0.5, 0.6) is 5.75 Å². The molecule has 0 bridgehead atoms. The van der Waals surface area contributed by atoms with Crippen molar-refractivity contribution in [2.45, 2.75) is 33.2 Å². The molecule has 176 valence electrons. The van der Waals surface area contributed by atoms with E-state index in [2.05, 4.69) is 44.8 Å². The van der Waals surface area contributed by atoms with Crippen molar-refractivity contribution in [1.82, 2.24) is 30.3 Å². The first-order chi connectivity index (χ1) is 15.6. The number of ether oxygens (including phenoxy) is 2. The third-order valence-corrected chi connectivity index (χ3v) is 5.73. The fraction of sp³-hybridized carbons (Fsp3) is 0.609. The fourth-order valence-corrected chi connectivity index (χ4v) is 3.67. The van der Waals surface area contributed by atoms with Crippen molar-refractivity contribution in [2.75, 3.05) is 53.0 Å². The van der Waals surface area contributed by atoms with Crippen LogP contribution in [0.15, 0.2) is 23.2 Å². The molecule has 2 N–H and O–H groups in total. The molecule has 1 aromatic carbocycles. The van der Waals surface area contributed by atoms with Crippen molar-refractivity contribution in [3.8, 4) is 5.75 Å². The third-order valence-electron chi connectivity index (χ3n) is 5.73. The summed E-state index contributed by atoms with van der Waals surface area (Å²) in [6, 6.07) is 6.27. The molecule has 1 aromatic heterocycles. The smallest absolute Gasteiger partial charge is 0.191 e. The van der Waals surface area contributed by atoms with Crippen LogP contribution in [0.4, 0.5) is 0 Å². The van der Waals surface area contributed by atoms with Gasteiger partial charge in [0.2, 0.25) is 0 Å². The Balaban J connectivity index is 1.54. The number of aryl methyl sites for hydroxylation is 2. The maximum atomic E-state index is 5.51. The molecule has 0 aliphatic carbocycles. The van der Waals surface area contributed by atoms with Crippen LogP contribution in [0.25, 0.3) is 0 Å². The summed E-state index contributed by atoms with van der Waals surface area (Å²) in [5.41, 5.74) is 2.42. The van der Waals surface area contributed by atoms with Gasteiger partial charge in [0.05, 0.1) is 20.3 Å². The van der Waals surface area contributed by atoms with Gasteiger partial charge < -0.3 is 24.7 Å². The number of hydrogen-bond donors (Lipinski definition) is 2. The number of rotatable bonds is 10. The first-order valence-electron chi connectivity index (χ1n) is 11.4. The van der Waals surface area contributed by atoms with Crippen LogP contribution in [0, 0.1) is 13.8 Å². The quantitative estimate of drug-likeness (QED) is 0.326. The van der Waals surface area contributed by atoms with Gasteiger partial charge in [-0.15, -0.1) is 10.2 Å². The van der Waals surface area contributed by atoms with E-state index >= 15 is 0 Å². The van der Waals surface area contributed by atoms with Crippen LogP contribution in [-0.4, -0.2) is 78.7 Å². The Hall–Kier alpha value is -2.65. The summed E-state index contributed by atoms with van der Waals surface area (Å²) in [7, 11) is 3.68. The predicted octanol–water partition coefficient (Wildman–Crippen LogP) is 1.44. The van der Waals surface area contributed by atoms with Crippen LogP contribution in [0.3, 0.4) is 0 Å². The lowest BCUT2D eigenvalue weighted by Gasteiger charge is -2.26. The number of aliphatic imine (C=N–C) groups is 1. The van der Waals surface area contributed by atoms with Crippen molar-refractivity contribution < 1.29 is 9.47 Å². The molecule has 32 heavy (non-hydrogen) atoms. The van der Waals surface area contributed by atoms with Gasteiger partial charge in [0.1, 0.15) is 18.1 Å². The Morgan fingerprint density at radius 1 is 1.16 bits per heavy atom. The lowest BCUT2D eigenvalue weighted by atomic mass is 10.1. The van der Waals surface area contributed by atoms with Gasteiger partial charge in [-0.1, -0.05) is 17.7 Å². The second-order valence-electron chi connectivity index (χ2n) is 8.11. The molecule has 1 aliphatic heterocycles. The Kier molecular flexibility index (Phi) is 9.30. The minimum absolute atomic E-state index is 0.476. The zero-order chi connectivity index (χ0) is 22.8. The molecule has 0 spiro atoms. The van der Waals surface area contributed by atoms with E-state index in [1.807, 2.05) is 24.6 Å². The van der Waals surface area contributed by atoms with Gasteiger partial charge in [-0.25, -0.2) is 4.99 Å². The summed E-state index contributed by atoms with van der Waals surface area (Å²) < 4.78 is 12.9. The minimum Gasteiger partial charge on any atom is -0.496 e. The van der Waals surface area contributed by atoms with Gasteiger partial charge in [-0.05, 0) is 44.9 Å². The Labute approximate surface area is 191 Å². The summed E-state index contributed by atoms with van der Waals surface area (Å²) in [5, 5.41) is 15.3. The number of nitrogens with zero attached hydrogens (tertiary/aromatic N) is 5. The van der Waals surface area contributed by atoms with Crippen molar-refractivity contribution in [1.29, 1.82) is 0 Å². The maximum Gasteiger partial charge on any atom is 0.191 e. The Morgan fingerprint density at radius 3 is 2.66 bits per heavy atom. The molecule has 2 aromatic rings. The molecule has 0 radical (unpaired) electrons. The molecule has 1 saturated heterocycles. The van der Waals surface area contributed by atoms with Gasteiger partial charge in [0, 0.05) is 33.2 Å². The molecule has 1 fully saturated rings. The van der Waals surface area contributed by atoms with Crippen molar-refractivity contribution >= 4 is 5.96 Å². The second-order valence-corrected chi connectivity index (χ2v) is 8.11. The zero-order valence-corrected chi connectivity index (χ0v) is 19.9. The van der Waals surface area contributed by atoms with Crippen LogP contribution < -0.4 is 15.4 Å². The van der Waals surface area contributed by atoms with Crippen molar-refractivity contribution in [2.24, 2.45) is 12.0 Å². The first kappa shape index (κ1) is 24.0. The Morgan fingerprint density at radius 2 is 1.94 bits per heavy atom.